The Labute approximate surface area is 124 Å². The highest BCUT2D eigenvalue weighted by molar-refractivity contribution is 9.10. The maximum Gasteiger partial charge on any atom is 0.151 e. The molecule has 0 fully saturated rings. The second-order valence-corrected chi connectivity index (χ2v) is 8.15. The van der Waals surface area contributed by atoms with Crippen LogP contribution in [0.1, 0.15) is 32.0 Å². The van der Waals surface area contributed by atoms with Gasteiger partial charge in [-0.15, -0.1) is 0 Å². The summed E-state index contributed by atoms with van der Waals surface area (Å²) in [7, 11) is 0. The SMILES string of the molecule is Cc1cc(Br)c2nc(C=N[S+]([O-])C(C)(C)C)cn2c1. The quantitative estimate of drug-likeness (QED) is 0.621. The summed E-state index contributed by atoms with van der Waals surface area (Å²) in [5, 5.41) is 0. The average Bonchev–Trinajstić information content (AvgIpc) is 2.67. The van der Waals surface area contributed by atoms with Gasteiger partial charge in [0.2, 0.25) is 0 Å². The Morgan fingerprint density at radius 3 is 2.74 bits per heavy atom. The molecule has 0 bridgehead atoms. The number of rotatable bonds is 2. The fourth-order valence-electron chi connectivity index (χ4n) is 1.53. The van der Waals surface area contributed by atoms with E-state index in [9.17, 15) is 4.55 Å². The number of hydrogen-bond donors (Lipinski definition) is 0. The monoisotopic (exact) mass is 341 g/mol. The predicted octanol–water partition coefficient (Wildman–Crippen LogP) is 3.29. The Morgan fingerprint density at radius 2 is 2.11 bits per heavy atom. The molecule has 2 rings (SSSR count). The van der Waals surface area contributed by atoms with E-state index in [1.807, 2.05) is 50.6 Å². The fraction of sp³-hybridized carbons (Fsp3) is 0.385. The smallest absolute Gasteiger partial charge is 0.151 e. The van der Waals surface area contributed by atoms with Crippen molar-refractivity contribution < 1.29 is 4.55 Å². The van der Waals surface area contributed by atoms with Crippen molar-refractivity contribution in [2.24, 2.45) is 4.40 Å². The van der Waals surface area contributed by atoms with Gasteiger partial charge in [-0.1, -0.05) is 4.40 Å². The third-order valence-corrected chi connectivity index (χ3v) is 4.39. The van der Waals surface area contributed by atoms with Crippen molar-refractivity contribution in [2.45, 2.75) is 32.4 Å². The lowest BCUT2D eigenvalue weighted by molar-refractivity contribution is 0.562. The molecule has 2 aromatic rings. The summed E-state index contributed by atoms with van der Waals surface area (Å²) in [4.78, 5) is 4.44. The average molecular weight is 342 g/mol. The third-order valence-electron chi connectivity index (χ3n) is 2.47. The van der Waals surface area contributed by atoms with Crippen molar-refractivity contribution in [3.63, 3.8) is 0 Å². The van der Waals surface area contributed by atoms with Crippen molar-refractivity contribution in [3.8, 4) is 0 Å². The standard InChI is InChI=1S/C13H16BrN3OS/c1-9-5-11(14)12-16-10(8-17(12)7-9)6-15-19(18)13(2,3)4/h5-8H,1-4H3. The highest BCUT2D eigenvalue weighted by atomic mass is 79.9. The van der Waals surface area contributed by atoms with Gasteiger partial charge in [0, 0.05) is 12.4 Å². The van der Waals surface area contributed by atoms with E-state index in [-0.39, 0.29) is 4.75 Å². The molecule has 1 unspecified atom stereocenters. The van der Waals surface area contributed by atoms with Gasteiger partial charge >= 0.3 is 0 Å². The van der Waals surface area contributed by atoms with Crippen LogP contribution in [0.2, 0.25) is 0 Å². The first-order chi connectivity index (χ1) is 8.77. The summed E-state index contributed by atoms with van der Waals surface area (Å²) >= 11 is 2.22. The highest BCUT2D eigenvalue weighted by Gasteiger charge is 2.25. The molecule has 0 spiro atoms. The Bertz CT molecular complexity index is 631. The lowest BCUT2D eigenvalue weighted by atomic mass is 10.3. The minimum absolute atomic E-state index is 0.354. The predicted molar refractivity (Wildman–Crippen MR) is 83.1 cm³/mol. The summed E-state index contributed by atoms with van der Waals surface area (Å²) in [5.74, 6) is 0. The number of halogens is 1. The summed E-state index contributed by atoms with van der Waals surface area (Å²) < 4.78 is 18.4. The summed E-state index contributed by atoms with van der Waals surface area (Å²) in [5.41, 5.74) is 2.66. The molecule has 1 atom stereocenters. The molecule has 0 N–H and O–H groups in total. The Morgan fingerprint density at radius 1 is 1.42 bits per heavy atom. The van der Waals surface area contributed by atoms with Crippen molar-refractivity contribution in [2.75, 3.05) is 0 Å². The van der Waals surface area contributed by atoms with Crippen LogP contribution in [0.15, 0.2) is 27.3 Å². The zero-order valence-electron chi connectivity index (χ0n) is 11.3. The number of pyridine rings is 1. The van der Waals surface area contributed by atoms with Crippen LogP contribution in [0.4, 0.5) is 0 Å². The van der Waals surface area contributed by atoms with Crippen LogP contribution in [-0.4, -0.2) is 24.9 Å². The molecule has 0 aliphatic rings. The molecule has 102 valence electrons. The molecule has 0 aliphatic heterocycles. The number of aryl methyl sites for hydroxylation is 1. The highest BCUT2D eigenvalue weighted by Crippen LogP contribution is 2.20. The molecule has 2 aromatic heterocycles. The van der Waals surface area contributed by atoms with E-state index in [2.05, 4.69) is 25.3 Å². The lowest BCUT2D eigenvalue weighted by Crippen LogP contribution is -2.25. The van der Waals surface area contributed by atoms with Crippen molar-refractivity contribution in [3.05, 3.63) is 34.2 Å². The third kappa shape index (κ3) is 3.38. The second-order valence-electron chi connectivity index (χ2n) is 5.36. The number of nitrogens with zero attached hydrogens (tertiary/aromatic N) is 3. The van der Waals surface area contributed by atoms with Crippen LogP contribution in [0.5, 0.6) is 0 Å². The van der Waals surface area contributed by atoms with Gasteiger partial charge in [0.05, 0.1) is 4.47 Å². The Hall–Kier alpha value is -0.850. The maximum absolute atomic E-state index is 11.8. The topological polar surface area (TPSA) is 52.7 Å². The van der Waals surface area contributed by atoms with Gasteiger partial charge in [0.15, 0.2) is 5.65 Å². The zero-order chi connectivity index (χ0) is 14.2. The molecular weight excluding hydrogens is 326 g/mol. The first kappa shape index (κ1) is 14.6. The van der Waals surface area contributed by atoms with E-state index >= 15 is 0 Å². The largest absolute Gasteiger partial charge is 0.591 e. The summed E-state index contributed by atoms with van der Waals surface area (Å²) in [6.45, 7) is 7.70. The molecule has 6 heteroatoms. The number of imidazole rings is 1. The maximum atomic E-state index is 11.8. The molecule has 0 aliphatic carbocycles. The number of aromatic nitrogens is 2. The van der Waals surface area contributed by atoms with Gasteiger partial charge < -0.3 is 8.95 Å². The van der Waals surface area contributed by atoms with E-state index < -0.39 is 11.4 Å². The minimum atomic E-state index is -1.26. The van der Waals surface area contributed by atoms with Crippen LogP contribution in [0.25, 0.3) is 5.65 Å². The van der Waals surface area contributed by atoms with Crippen LogP contribution in [0.3, 0.4) is 0 Å². The van der Waals surface area contributed by atoms with Gasteiger partial charge in [0.1, 0.15) is 28.0 Å². The number of hydrogen-bond acceptors (Lipinski definition) is 3. The van der Waals surface area contributed by atoms with Crippen molar-refractivity contribution >= 4 is 39.2 Å². The molecule has 0 saturated heterocycles. The molecule has 0 amide bonds. The summed E-state index contributed by atoms with van der Waals surface area (Å²) in [6, 6.07) is 2.01. The zero-order valence-corrected chi connectivity index (χ0v) is 13.7. The molecule has 0 radical (unpaired) electrons. The first-order valence-electron chi connectivity index (χ1n) is 5.88. The van der Waals surface area contributed by atoms with Gasteiger partial charge in [-0.25, -0.2) is 4.98 Å². The Balaban J connectivity index is 2.32. The summed E-state index contributed by atoms with van der Waals surface area (Å²) in [6.07, 6.45) is 5.43. The molecule has 0 saturated carbocycles. The molecule has 4 nitrogen and oxygen atoms in total. The molecule has 19 heavy (non-hydrogen) atoms. The number of fused-ring (bicyclic) bond motifs is 1. The van der Waals surface area contributed by atoms with Crippen LogP contribution in [-0.2, 0) is 11.4 Å². The van der Waals surface area contributed by atoms with E-state index in [0.717, 1.165) is 15.7 Å². The van der Waals surface area contributed by atoms with E-state index in [1.54, 1.807) is 6.21 Å². The van der Waals surface area contributed by atoms with Gasteiger partial charge in [-0.05, 0) is 55.3 Å². The first-order valence-corrected chi connectivity index (χ1v) is 7.78. The van der Waals surface area contributed by atoms with E-state index in [0.29, 0.717) is 5.69 Å². The van der Waals surface area contributed by atoms with Crippen LogP contribution < -0.4 is 0 Å². The van der Waals surface area contributed by atoms with E-state index in [1.165, 1.54) is 0 Å². The van der Waals surface area contributed by atoms with Gasteiger partial charge in [-0.3, -0.25) is 0 Å². The fourth-order valence-corrected chi connectivity index (χ4v) is 2.71. The normalized spacial score (nSPS) is 14.4. The van der Waals surface area contributed by atoms with Gasteiger partial charge in [0.25, 0.3) is 0 Å². The van der Waals surface area contributed by atoms with Gasteiger partial charge in [-0.2, -0.15) is 0 Å². The Kier molecular flexibility index (Phi) is 4.03. The minimum Gasteiger partial charge on any atom is -0.591 e. The van der Waals surface area contributed by atoms with Crippen molar-refractivity contribution in [1.29, 1.82) is 0 Å². The lowest BCUT2D eigenvalue weighted by Gasteiger charge is -2.17. The molecular formula is C13H16BrN3OS. The van der Waals surface area contributed by atoms with Crippen molar-refractivity contribution in [1.82, 2.24) is 9.38 Å². The molecule has 0 aromatic carbocycles. The second kappa shape index (κ2) is 5.26. The molecule has 2 heterocycles. The van der Waals surface area contributed by atoms with E-state index in [4.69, 9.17) is 0 Å². The van der Waals surface area contributed by atoms with Crippen LogP contribution >= 0.6 is 15.9 Å². The van der Waals surface area contributed by atoms with Crippen LogP contribution in [0, 0.1) is 6.92 Å².